The summed E-state index contributed by atoms with van der Waals surface area (Å²) in [5, 5.41) is 3.03. The van der Waals surface area contributed by atoms with Crippen molar-refractivity contribution in [2.45, 2.75) is 39.3 Å². The molecule has 0 spiro atoms. The predicted octanol–water partition coefficient (Wildman–Crippen LogP) is 3.21. The van der Waals surface area contributed by atoms with Gasteiger partial charge in [-0.15, -0.1) is 0 Å². The molecule has 1 aromatic carbocycles. The summed E-state index contributed by atoms with van der Waals surface area (Å²) >= 11 is 0. The number of carbonyl (C=O) groups is 1. The van der Waals surface area contributed by atoms with E-state index in [2.05, 4.69) is 45.2 Å². The lowest BCUT2D eigenvalue weighted by Crippen LogP contribution is -2.24. The third-order valence-electron chi connectivity index (χ3n) is 4.32. The maximum Gasteiger partial charge on any atom is 0.220 e. The van der Waals surface area contributed by atoms with Gasteiger partial charge in [-0.1, -0.05) is 36.4 Å². The van der Waals surface area contributed by atoms with E-state index in [1.165, 1.54) is 5.56 Å². The van der Waals surface area contributed by atoms with E-state index in [-0.39, 0.29) is 5.91 Å². The van der Waals surface area contributed by atoms with Crippen LogP contribution in [0.15, 0.2) is 48.8 Å². The quantitative estimate of drug-likeness (QED) is 0.833. The summed E-state index contributed by atoms with van der Waals surface area (Å²) in [4.78, 5) is 16.2. The Hall–Kier alpha value is -2.36. The molecule has 0 saturated carbocycles. The molecule has 0 fully saturated rings. The van der Waals surface area contributed by atoms with Crippen LogP contribution in [-0.2, 0) is 17.9 Å². The highest BCUT2D eigenvalue weighted by Gasteiger charge is 2.13. The summed E-state index contributed by atoms with van der Waals surface area (Å²) in [6.07, 6.45) is 10.9. The van der Waals surface area contributed by atoms with Crippen LogP contribution in [0.3, 0.4) is 0 Å². The molecule has 1 aliphatic carbocycles. The molecule has 0 bridgehead atoms. The molecular formula is C19H23N3O. The van der Waals surface area contributed by atoms with Crippen LogP contribution >= 0.6 is 0 Å². The number of hydrogen-bond donors (Lipinski definition) is 1. The third-order valence-corrected chi connectivity index (χ3v) is 4.32. The van der Waals surface area contributed by atoms with Crippen molar-refractivity contribution in [1.29, 1.82) is 0 Å². The molecule has 0 saturated heterocycles. The van der Waals surface area contributed by atoms with Crippen LogP contribution in [0, 0.1) is 12.8 Å². The fourth-order valence-electron chi connectivity index (χ4n) is 2.98. The fourth-order valence-corrected chi connectivity index (χ4v) is 2.98. The van der Waals surface area contributed by atoms with E-state index in [4.69, 9.17) is 0 Å². The topological polar surface area (TPSA) is 46.9 Å². The van der Waals surface area contributed by atoms with Crippen LogP contribution in [0.4, 0.5) is 0 Å². The Morgan fingerprint density at radius 2 is 2.26 bits per heavy atom. The molecule has 1 aromatic heterocycles. The van der Waals surface area contributed by atoms with Gasteiger partial charge in [-0.2, -0.15) is 0 Å². The number of nitrogens with zero attached hydrogens (tertiary/aromatic N) is 2. The summed E-state index contributed by atoms with van der Waals surface area (Å²) in [7, 11) is 0. The zero-order chi connectivity index (χ0) is 16.1. The minimum absolute atomic E-state index is 0.136. The third kappa shape index (κ3) is 4.31. The van der Waals surface area contributed by atoms with Gasteiger partial charge >= 0.3 is 0 Å². The number of rotatable bonds is 6. The molecule has 1 heterocycles. The lowest BCUT2D eigenvalue weighted by Gasteiger charge is -2.10. The lowest BCUT2D eigenvalue weighted by molar-refractivity contribution is -0.121. The van der Waals surface area contributed by atoms with Crippen LogP contribution in [0.25, 0.3) is 0 Å². The highest BCUT2D eigenvalue weighted by molar-refractivity contribution is 5.76. The minimum Gasteiger partial charge on any atom is -0.352 e. The van der Waals surface area contributed by atoms with Gasteiger partial charge in [-0.05, 0) is 36.8 Å². The molecule has 1 atom stereocenters. The lowest BCUT2D eigenvalue weighted by atomic mass is 10.0. The Morgan fingerprint density at radius 3 is 3.00 bits per heavy atom. The van der Waals surface area contributed by atoms with Crippen molar-refractivity contribution < 1.29 is 4.79 Å². The van der Waals surface area contributed by atoms with Gasteiger partial charge in [0.2, 0.25) is 5.91 Å². The summed E-state index contributed by atoms with van der Waals surface area (Å²) in [5.74, 6) is 1.57. The van der Waals surface area contributed by atoms with Crippen molar-refractivity contribution in [3.8, 4) is 0 Å². The molecule has 1 N–H and O–H groups in total. The number of aromatic nitrogens is 2. The molecule has 2 aromatic rings. The smallest absolute Gasteiger partial charge is 0.220 e. The summed E-state index contributed by atoms with van der Waals surface area (Å²) in [6.45, 7) is 3.40. The number of benzene rings is 1. The fraction of sp³-hybridized carbons (Fsp3) is 0.368. The number of imidazole rings is 1. The number of allylic oxidation sites excluding steroid dienone is 2. The molecular weight excluding hydrogens is 286 g/mol. The molecule has 0 radical (unpaired) electrons. The molecule has 4 heteroatoms. The normalized spacial score (nSPS) is 16.7. The number of nitrogens with one attached hydrogen (secondary N) is 1. The van der Waals surface area contributed by atoms with Crippen LogP contribution in [0.2, 0.25) is 0 Å². The average molecular weight is 309 g/mol. The number of amides is 1. The Labute approximate surface area is 137 Å². The highest BCUT2D eigenvalue weighted by atomic mass is 16.1. The monoisotopic (exact) mass is 309 g/mol. The van der Waals surface area contributed by atoms with Gasteiger partial charge in [-0.25, -0.2) is 4.98 Å². The maximum absolute atomic E-state index is 12.0. The maximum atomic E-state index is 12.0. The van der Waals surface area contributed by atoms with Gasteiger partial charge in [0.05, 0.1) is 0 Å². The SMILES string of the molecule is Cc1nccn1Cc1cccc(CNC(=O)C[C@@H]2C=CCC2)c1. The molecule has 23 heavy (non-hydrogen) atoms. The largest absolute Gasteiger partial charge is 0.352 e. The van der Waals surface area contributed by atoms with E-state index >= 15 is 0 Å². The first-order valence-corrected chi connectivity index (χ1v) is 8.19. The zero-order valence-electron chi connectivity index (χ0n) is 13.5. The van der Waals surface area contributed by atoms with Gasteiger partial charge in [0, 0.05) is 31.9 Å². The Balaban J connectivity index is 1.54. The molecule has 3 rings (SSSR count). The second-order valence-corrected chi connectivity index (χ2v) is 6.17. The predicted molar refractivity (Wildman–Crippen MR) is 90.8 cm³/mol. The Bertz CT molecular complexity index is 702. The van der Waals surface area contributed by atoms with Crippen molar-refractivity contribution in [2.24, 2.45) is 5.92 Å². The average Bonchev–Trinajstić information content (AvgIpc) is 3.18. The van der Waals surface area contributed by atoms with E-state index in [0.717, 1.165) is 30.8 Å². The molecule has 0 unspecified atom stereocenters. The molecule has 120 valence electrons. The van der Waals surface area contributed by atoms with Gasteiger partial charge in [0.25, 0.3) is 0 Å². The van der Waals surface area contributed by atoms with Gasteiger partial charge in [0.1, 0.15) is 5.82 Å². The van der Waals surface area contributed by atoms with Crippen molar-refractivity contribution in [2.75, 3.05) is 0 Å². The molecule has 4 nitrogen and oxygen atoms in total. The zero-order valence-corrected chi connectivity index (χ0v) is 13.5. The van der Waals surface area contributed by atoms with E-state index in [1.54, 1.807) is 0 Å². The first-order chi connectivity index (χ1) is 11.2. The summed E-state index contributed by atoms with van der Waals surface area (Å²) in [6, 6.07) is 8.35. The van der Waals surface area contributed by atoms with Crippen LogP contribution in [0.1, 0.15) is 36.2 Å². The van der Waals surface area contributed by atoms with E-state index < -0.39 is 0 Å². The molecule has 1 aliphatic rings. The standard InChI is InChI=1S/C19H23N3O/c1-15-20-9-10-22(15)14-18-8-4-7-17(11-18)13-21-19(23)12-16-5-2-3-6-16/h2,4-5,7-11,16H,3,6,12-14H2,1H3,(H,21,23)/t16-/m1/s1. The molecule has 1 amide bonds. The van der Waals surface area contributed by atoms with E-state index in [0.29, 0.717) is 18.9 Å². The van der Waals surface area contributed by atoms with Crippen LogP contribution < -0.4 is 5.32 Å². The van der Waals surface area contributed by atoms with Crippen molar-refractivity contribution in [1.82, 2.24) is 14.9 Å². The van der Waals surface area contributed by atoms with Crippen LogP contribution in [0.5, 0.6) is 0 Å². The van der Waals surface area contributed by atoms with Gasteiger partial charge in [0.15, 0.2) is 0 Å². The summed E-state index contributed by atoms with van der Waals surface area (Å²) < 4.78 is 2.12. The second kappa shape index (κ2) is 7.27. The Morgan fingerprint density at radius 1 is 1.39 bits per heavy atom. The number of aryl methyl sites for hydroxylation is 1. The van der Waals surface area contributed by atoms with Gasteiger partial charge in [-0.3, -0.25) is 4.79 Å². The first-order valence-electron chi connectivity index (χ1n) is 8.19. The number of hydrogen-bond acceptors (Lipinski definition) is 2. The van der Waals surface area contributed by atoms with E-state index in [9.17, 15) is 4.79 Å². The number of carbonyl (C=O) groups excluding carboxylic acids is 1. The minimum atomic E-state index is 0.136. The van der Waals surface area contributed by atoms with Crippen molar-refractivity contribution in [3.05, 3.63) is 65.8 Å². The first kappa shape index (κ1) is 15.5. The van der Waals surface area contributed by atoms with Gasteiger partial charge < -0.3 is 9.88 Å². The Kier molecular flexibility index (Phi) is 4.91. The van der Waals surface area contributed by atoms with Crippen molar-refractivity contribution in [3.63, 3.8) is 0 Å². The summed E-state index contributed by atoms with van der Waals surface area (Å²) in [5.41, 5.74) is 2.35. The van der Waals surface area contributed by atoms with Crippen LogP contribution in [-0.4, -0.2) is 15.5 Å². The van der Waals surface area contributed by atoms with E-state index in [1.807, 2.05) is 25.4 Å². The van der Waals surface area contributed by atoms with Crippen molar-refractivity contribution >= 4 is 5.91 Å². The molecule has 0 aliphatic heterocycles. The second-order valence-electron chi connectivity index (χ2n) is 6.17. The highest BCUT2D eigenvalue weighted by Crippen LogP contribution is 2.20.